The third-order valence-corrected chi connectivity index (χ3v) is 8.05. The lowest BCUT2D eigenvalue weighted by Gasteiger charge is -2.24. The molecule has 0 aliphatic carbocycles. The molecular formula is C29H30Br2N4. The Bertz CT molecular complexity index is 1370. The van der Waals surface area contributed by atoms with E-state index in [-0.39, 0.29) is 11.3 Å². The Morgan fingerprint density at radius 1 is 1.03 bits per heavy atom. The summed E-state index contributed by atoms with van der Waals surface area (Å²) in [7, 11) is 0. The molecule has 0 saturated heterocycles. The quantitative estimate of drug-likeness (QED) is 0.288. The van der Waals surface area contributed by atoms with Crippen molar-refractivity contribution in [2.75, 3.05) is 0 Å². The van der Waals surface area contributed by atoms with Crippen LogP contribution in [-0.2, 0) is 0 Å². The first-order valence-electron chi connectivity index (χ1n) is 12.0. The zero-order chi connectivity index (χ0) is 24.7. The molecule has 180 valence electrons. The zero-order valence-electron chi connectivity index (χ0n) is 20.5. The lowest BCUT2D eigenvalue weighted by Crippen LogP contribution is -2.25. The molecule has 5 rings (SSSR count). The Balaban J connectivity index is 1.42. The standard InChI is InChI=1S/C29H30Br2N4/c1-17-5-7-19(8-6-17)28(23-11-12-27(31)35-23)25-15-22(30)24(34-25)13-20-9-10-21(33-20)14-26-29(3,4)16-18(2)32-26/h5-13,15,26,28,34-35H,14,16H2,1-4H3/b20-13-. The highest BCUT2D eigenvalue weighted by molar-refractivity contribution is 9.10. The lowest BCUT2D eigenvalue weighted by molar-refractivity contribution is 0.330. The minimum absolute atomic E-state index is 0.0641. The molecule has 3 aromatic rings. The third kappa shape index (κ3) is 5.24. The number of nitrogens with zero attached hydrogens (tertiary/aromatic N) is 2. The summed E-state index contributed by atoms with van der Waals surface area (Å²) in [6.07, 6.45) is 8.29. The third-order valence-electron chi connectivity index (χ3n) is 6.93. The van der Waals surface area contributed by atoms with Crippen LogP contribution in [0.2, 0.25) is 0 Å². The molecule has 2 aliphatic heterocycles. The van der Waals surface area contributed by atoms with E-state index in [1.54, 1.807) is 0 Å². The molecule has 4 nitrogen and oxygen atoms in total. The maximum atomic E-state index is 4.91. The predicted molar refractivity (Wildman–Crippen MR) is 154 cm³/mol. The Morgan fingerprint density at radius 2 is 1.80 bits per heavy atom. The monoisotopic (exact) mass is 592 g/mol. The highest BCUT2D eigenvalue weighted by Crippen LogP contribution is 2.38. The molecule has 2 N–H and O–H groups in total. The zero-order valence-corrected chi connectivity index (χ0v) is 23.7. The molecule has 0 spiro atoms. The van der Waals surface area contributed by atoms with E-state index >= 15 is 0 Å². The van der Waals surface area contributed by atoms with E-state index in [1.165, 1.54) is 16.8 Å². The number of benzene rings is 1. The number of H-pyrrole nitrogens is 2. The summed E-state index contributed by atoms with van der Waals surface area (Å²) in [6, 6.07) is 15.4. The number of aliphatic imine (C=N–C) groups is 2. The molecule has 4 heterocycles. The summed E-state index contributed by atoms with van der Waals surface area (Å²) >= 11 is 7.34. The molecule has 0 radical (unpaired) electrons. The van der Waals surface area contributed by atoms with Crippen LogP contribution in [0.3, 0.4) is 0 Å². The summed E-state index contributed by atoms with van der Waals surface area (Å²) in [4.78, 5) is 16.9. The average Bonchev–Trinajstić information content (AvgIpc) is 3.55. The number of allylic oxidation sites excluding steroid dienone is 2. The van der Waals surface area contributed by atoms with E-state index in [1.807, 2.05) is 6.07 Å². The fourth-order valence-corrected chi connectivity index (χ4v) is 5.93. The largest absolute Gasteiger partial charge is 0.357 e. The highest BCUT2D eigenvalue weighted by atomic mass is 79.9. The summed E-state index contributed by atoms with van der Waals surface area (Å²) in [6.45, 7) is 8.86. The second kappa shape index (κ2) is 9.55. The fraction of sp³-hybridized carbons (Fsp3) is 0.310. The molecule has 35 heavy (non-hydrogen) atoms. The summed E-state index contributed by atoms with van der Waals surface area (Å²) in [5.74, 6) is 0.0641. The predicted octanol–water partition coefficient (Wildman–Crippen LogP) is 8.36. The number of hydrogen-bond acceptors (Lipinski definition) is 2. The molecule has 0 amide bonds. The number of nitrogens with one attached hydrogen (secondary N) is 2. The van der Waals surface area contributed by atoms with Crippen LogP contribution in [0.4, 0.5) is 0 Å². The molecule has 1 aromatic carbocycles. The van der Waals surface area contributed by atoms with Crippen molar-refractivity contribution in [1.82, 2.24) is 9.97 Å². The molecule has 6 heteroatoms. The minimum Gasteiger partial charge on any atom is -0.357 e. The molecule has 2 atom stereocenters. The van der Waals surface area contributed by atoms with Crippen LogP contribution in [0, 0.1) is 12.3 Å². The maximum absolute atomic E-state index is 4.91. The van der Waals surface area contributed by atoms with Crippen LogP contribution in [0.25, 0.3) is 6.08 Å². The van der Waals surface area contributed by atoms with Gasteiger partial charge in [-0.2, -0.15) is 0 Å². The number of aryl methyl sites for hydroxylation is 1. The van der Waals surface area contributed by atoms with Gasteiger partial charge in [-0.15, -0.1) is 0 Å². The molecule has 2 aliphatic rings. The van der Waals surface area contributed by atoms with Crippen molar-refractivity contribution in [1.29, 1.82) is 0 Å². The van der Waals surface area contributed by atoms with Gasteiger partial charge < -0.3 is 9.97 Å². The number of rotatable bonds is 6. The van der Waals surface area contributed by atoms with Crippen LogP contribution >= 0.6 is 31.9 Å². The molecule has 0 fully saturated rings. The normalized spacial score (nSPS) is 21.0. The van der Waals surface area contributed by atoms with Gasteiger partial charge in [-0.05, 0) is 99.5 Å². The Hall–Kier alpha value is -2.44. The fourth-order valence-electron chi connectivity index (χ4n) is 5.11. The minimum atomic E-state index is 0.0641. The van der Waals surface area contributed by atoms with Crippen LogP contribution in [0.1, 0.15) is 67.7 Å². The van der Waals surface area contributed by atoms with Crippen LogP contribution in [0.15, 0.2) is 79.4 Å². The number of hydrogen-bond donors (Lipinski definition) is 2. The molecule has 0 saturated carbocycles. The van der Waals surface area contributed by atoms with Crippen molar-refractivity contribution in [3.8, 4) is 0 Å². The summed E-state index contributed by atoms with van der Waals surface area (Å²) < 4.78 is 2.00. The van der Waals surface area contributed by atoms with E-state index in [9.17, 15) is 0 Å². The molecular weight excluding hydrogens is 564 g/mol. The van der Waals surface area contributed by atoms with E-state index in [2.05, 4.69) is 124 Å². The van der Waals surface area contributed by atoms with Gasteiger partial charge in [-0.3, -0.25) is 9.98 Å². The smallest absolute Gasteiger partial charge is 0.0822 e. The van der Waals surface area contributed by atoms with Gasteiger partial charge in [-0.1, -0.05) is 43.7 Å². The van der Waals surface area contributed by atoms with Gasteiger partial charge in [0.2, 0.25) is 0 Å². The van der Waals surface area contributed by atoms with E-state index < -0.39 is 0 Å². The Labute approximate surface area is 224 Å². The number of halogens is 2. The first-order valence-corrected chi connectivity index (χ1v) is 13.6. The van der Waals surface area contributed by atoms with E-state index in [0.29, 0.717) is 6.04 Å². The first kappa shape index (κ1) is 24.3. The van der Waals surface area contributed by atoms with Crippen molar-refractivity contribution >= 4 is 49.4 Å². The van der Waals surface area contributed by atoms with Crippen molar-refractivity contribution in [3.05, 3.63) is 97.6 Å². The Morgan fingerprint density at radius 3 is 2.46 bits per heavy atom. The van der Waals surface area contributed by atoms with Crippen molar-refractivity contribution in [2.24, 2.45) is 15.4 Å². The van der Waals surface area contributed by atoms with Crippen molar-refractivity contribution in [3.63, 3.8) is 0 Å². The van der Waals surface area contributed by atoms with Gasteiger partial charge in [0, 0.05) is 33.7 Å². The highest BCUT2D eigenvalue weighted by Gasteiger charge is 2.35. The van der Waals surface area contributed by atoms with Crippen molar-refractivity contribution in [2.45, 2.75) is 52.5 Å². The van der Waals surface area contributed by atoms with Gasteiger partial charge in [0.15, 0.2) is 0 Å². The number of aromatic nitrogens is 2. The van der Waals surface area contributed by atoms with Gasteiger partial charge in [0.1, 0.15) is 0 Å². The van der Waals surface area contributed by atoms with Gasteiger partial charge in [-0.25, -0.2) is 0 Å². The van der Waals surface area contributed by atoms with Crippen molar-refractivity contribution < 1.29 is 0 Å². The average molecular weight is 594 g/mol. The molecule has 0 bridgehead atoms. The first-order chi connectivity index (χ1) is 16.7. The second-order valence-corrected chi connectivity index (χ2v) is 12.1. The molecule has 2 unspecified atom stereocenters. The topological polar surface area (TPSA) is 56.3 Å². The van der Waals surface area contributed by atoms with E-state index in [0.717, 1.165) is 50.4 Å². The lowest BCUT2D eigenvalue weighted by atomic mass is 9.81. The van der Waals surface area contributed by atoms with Crippen LogP contribution in [0.5, 0.6) is 0 Å². The van der Waals surface area contributed by atoms with E-state index in [4.69, 9.17) is 9.98 Å². The molecule has 2 aromatic heterocycles. The van der Waals surface area contributed by atoms with Gasteiger partial charge in [0.05, 0.1) is 28.0 Å². The van der Waals surface area contributed by atoms with Gasteiger partial charge >= 0.3 is 0 Å². The second-order valence-electron chi connectivity index (χ2n) is 10.3. The summed E-state index contributed by atoms with van der Waals surface area (Å²) in [5, 5.41) is 0. The Kier molecular flexibility index (Phi) is 6.62. The van der Waals surface area contributed by atoms with Gasteiger partial charge in [0.25, 0.3) is 0 Å². The van der Waals surface area contributed by atoms with Crippen LogP contribution in [-0.4, -0.2) is 27.4 Å². The maximum Gasteiger partial charge on any atom is 0.0822 e. The summed E-state index contributed by atoms with van der Waals surface area (Å²) in [5.41, 5.74) is 9.25. The van der Waals surface area contributed by atoms with Crippen LogP contribution < -0.4 is 0 Å². The number of aromatic amines is 2. The SMILES string of the molecule is CC1=NC(CC2=N/C(=C\c3[nH]c(C(c4ccc(C)cc4)c4ccc(Br)[nH]4)cc3Br)C=C2)C(C)(C)C1.